The molecule has 0 aliphatic heterocycles. The molecule has 0 heterocycles. The summed E-state index contributed by atoms with van der Waals surface area (Å²) >= 11 is 0. The quantitative estimate of drug-likeness (QED) is 0.518. The summed E-state index contributed by atoms with van der Waals surface area (Å²) in [5, 5.41) is 18.6. The monoisotopic (exact) mass is 210 g/mol. The Morgan fingerprint density at radius 2 is 1.33 bits per heavy atom. The molecule has 0 rings (SSSR count). The van der Waals surface area contributed by atoms with Gasteiger partial charge in [0.1, 0.15) is 23.0 Å². The van der Waals surface area contributed by atoms with E-state index in [9.17, 15) is 10.2 Å². The van der Waals surface area contributed by atoms with Crippen LogP contribution < -0.4 is 0 Å². The van der Waals surface area contributed by atoms with Gasteiger partial charge in [-0.1, -0.05) is 12.2 Å². The average molecular weight is 210 g/mol. The molecule has 0 aromatic heterocycles. The van der Waals surface area contributed by atoms with Crippen LogP contribution in [-0.4, -0.2) is 10.2 Å². The summed E-state index contributed by atoms with van der Waals surface area (Å²) in [7, 11) is 0. The lowest BCUT2D eigenvalue weighted by molar-refractivity contribution is 0.231. The topological polar surface area (TPSA) is 49.7 Å². The molecule has 3 nitrogen and oxygen atoms in total. The summed E-state index contributed by atoms with van der Waals surface area (Å²) in [5.74, 6) is 0.931. The lowest BCUT2D eigenvalue weighted by Gasteiger charge is -2.12. The fourth-order valence-electron chi connectivity index (χ4n) is 0.937. The summed E-state index contributed by atoms with van der Waals surface area (Å²) in [5.41, 5.74) is 0. The highest BCUT2D eigenvalue weighted by Gasteiger charge is 2.07. The van der Waals surface area contributed by atoms with Gasteiger partial charge >= 0.3 is 0 Å². The van der Waals surface area contributed by atoms with Gasteiger partial charge in [0.2, 0.25) is 0 Å². The second-order valence-electron chi connectivity index (χ2n) is 3.10. The number of rotatable bonds is 6. The smallest absolute Gasteiger partial charge is 0.144 e. The van der Waals surface area contributed by atoms with Crippen LogP contribution >= 0.6 is 0 Å². The van der Waals surface area contributed by atoms with Crippen LogP contribution in [0.15, 0.2) is 48.3 Å². The molecule has 0 atom stereocenters. The van der Waals surface area contributed by atoms with Crippen molar-refractivity contribution in [2.24, 2.45) is 0 Å². The predicted octanol–water partition coefficient (Wildman–Crippen LogP) is 3.73. The number of aliphatic hydroxyl groups is 2. The van der Waals surface area contributed by atoms with Gasteiger partial charge in [-0.05, 0) is 13.8 Å². The maximum Gasteiger partial charge on any atom is 0.144 e. The van der Waals surface area contributed by atoms with Crippen LogP contribution in [0.2, 0.25) is 0 Å². The molecule has 0 saturated carbocycles. The van der Waals surface area contributed by atoms with Crippen LogP contribution in [-0.2, 0) is 4.74 Å². The van der Waals surface area contributed by atoms with Crippen LogP contribution in [0.5, 0.6) is 0 Å². The Morgan fingerprint density at radius 1 is 1.00 bits per heavy atom. The molecule has 2 N–H and O–H groups in total. The van der Waals surface area contributed by atoms with Crippen molar-refractivity contribution < 1.29 is 14.9 Å². The fourth-order valence-corrected chi connectivity index (χ4v) is 0.937. The highest BCUT2D eigenvalue weighted by Crippen LogP contribution is 2.18. The van der Waals surface area contributed by atoms with E-state index >= 15 is 0 Å². The Labute approximate surface area is 90.7 Å². The molecular formula is C12H18O3. The standard InChI is InChI=1S/C12H18O3/c1-5-7-11(9(3)13)15-12(8-6-2)10(4)14/h5-6,13-14H,1-2,7-8H2,3-4H3/b11-9-,12-10-. The number of ether oxygens (including phenoxy) is 1. The Kier molecular flexibility index (Phi) is 6.02. The third-order valence-electron chi connectivity index (χ3n) is 1.71. The van der Waals surface area contributed by atoms with E-state index in [1.165, 1.54) is 13.8 Å². The van der Waals surface area contributed by atoms with Gasteiger partial charge in [-0.25, -0.2) is 0 Å². The molecule has 0 aromatic rings. The molecule has 0 radical (unpaired) electrons. The summed E-state index contributed by atoms with van der Waals surface area (Å²) in [6, 6.07) is 0. The van der Waals surface area contributed by atoms with Gasteiger partial charge in [0.05, 0.1) is 0 Å². The molecule has 0 amide bonds. The zero-order chi connectivity index (χ0) is 11.8. The SMILES string of the molecule is C=CC/C(O/C(CC=C)=C(/C)O)=C(\C)O. The van der Waals surface area contributed by atoms with Gasteiger partial charge in [0.25, 0.3) is 0 Å². The second kappa shape index (κ2) is 6.76. The third kappa shape index (κ3) is 4.96. The summed E-state index contributed by atoms with van der Waals surface area (Å²) < 4.78 is 5.37. The van der Waals surface area contributed by atoms with Crippen molar-refractivity contribution in [3.8, 4) is 0 Å². The zero-order valence-electron chi connectivity index (χ0n) is 9.29. The number of hydrogen-bond donors (Lipinski definition) is 2. The van der Waals surface area contributed by atoms with Crippen molar-refractivity contribution in [3.05, 3.63) is 48.3 Å². The van der Waals surface area contributed by atoms with Crippen LogP contribution in [0.1, 0.15) is 26.7 Å². The third-order valence-corrected chi connectivity index (χ3v) is 1.71. The summed E-state index contributed by atoms with van der Waals surface area (Å²) in [6.07, 6.45) is 4.06. The first-order chi connectivity index (χ1) is 7.02. The van der Waals surface area contributed by atoms with Crippen molar-refractivity contribution in [2.75, 3.05) is 0 Å². The van der Waals surface area contributed by atoms with Crippen molar-refractivity contribution >= 4 is 0 Å². The van der Waals surface area contributed by atoms with Gasteiger partial charge in [0, 0.05) is 12.8 Å². The molecule has 0 saturated heterocycles. The number of hydrogen-bond acceptors (Lipinski definition) is 3. The first kappa shape index (κ1) is 13.4. The van der Waals surface area contributed by atoms with E-state index in [-0.39, 0.29) is 11.5 Å². The Balaban J connectivity index is 4.79. The zero-order valence-corrected chi connectivity index (χ0v) is 9.29. The molecule has 3 heteroatoms. The van der Waals surface area contributed by atoms with Gasteiger partial charge in [-0.3, -0.25) is 0 Å². The Bertz CT molecular complexity index is 260. The second-order valence-corrected chi connectivity index (χ2v) is 3.10. The lowest BCUT2D eigenvalue weighted by atomic mass is 10.3. The van der Waals surface area contributed by atoms with Crippen molar-refractivity contribution in [1.82, 2.24) is 0 Å². The number of allylic oxidation sites excluding steroid dienone is 4. The minimum absolute atomic E-state index is 0.0812. The van der Waals surface area contributed by atoms with Crippen LogP contribution in [0.25, 0.3) is 0 Å². The van der Waals surface area contributed by atoms with Crippen molar-refractivity contribution in [1.29, 1.82) is 0 Å². The summed E-state index contributed by atoms with van der Waals surface area (Å²) in [4.78, 5) is 0. The van der Waals surface area contributed by atoms with Crippen LogP contribution in [0.4, 0.5) is 0 Å². The Hall–Kier alpha value is -1.64. The maximum atomic E-state index is 9.32. The largest absolute Gasteiger partial charge is 0.509 e. The molecule has 84 valence electrons. The number of aliphatic hydroxyl groups excluding tert-OH is 2. The summed E-state index contributed by atoms with van der Waals surface area (Å²) in [6.45, 7) is 10.2. The predicted molar refractivity (Wildman–Crippen MR) is 61.4 cm³/mol. The highest BCUT2D eigenvalue weighted by molar-refractivity contribution is 5.10. The van der Waals surface area contributed by atoms with Gasteiger partial charge < -0.3 is 14.9 Å². The molecule has 15 heavy (non-hydrogen) atoms. The first-order valence-electron chi connectivity index (χ1n) is 4.70. The fraction of sp³-hybridized carbons (Fsp3) is 0.333. The molecule has 0 fully saturated rings. The highest BCUT2D eigenvalue weighted by atomic mass is 16.5. The Morgan fingerprint density at radius 3 is 1.53 bits per heavy atom. The maximum absolute atomic E-state index is 9.32. The lowest BCUT2D eigenvalue weighted by Crippen LogP contribution is -1.98. The molecule has 0 aromatic carbocycles. The van der Waals surface area contributed by atoms with Crippen molar-refractivity contribution in [3.63, 3.8) is 0 Å². The molecule has 0 unspecified atom stereocenters. The van der Waals surface area contributed by atoms with Crippen LogP contribution in [0, 0.1) is 0 Å². The molecular weight excluding hydrogens is 192 g/mol. The van der Waals surface area contributed by atoms with Crippen molar-refractivity contribution in [2.45, 2.75) is 26.7 Å². The first-order valence-corrected chi connectivity index (χ1v) is 4.70. The van der Waals surface area contributed by atoms with E-state index in [1.54, 1.807) is 12.2 Å². The van der Waals surface area contributed by atoms with E-state index in [2.05, 4.69) is 13.2 Å². The minimum atomic E-state index is 0.0812. The molecule has 0 bridgehead atoms. The van der Waals surface area contributed by atoms with E-state index < -0.39 is 0 Å². The van der Waals surface area contributed by atoms with Crippen LogP contribution in [0.3, 0.4) is 0 Å². The van der Waals surface area contributed by atoms with Gasteiger partial charge in [-0.15, -0.1) is 13.2 Å². The molecule has 0 spiro atoms. The molecule has 0 aliphatic rings. The normalized spacial score (nSPS) is 13.7. The average Bonchev–Trinajstić information content (AvgIpc) is 2.15. The molecule has 0 aliphatic carbocycles. The van der Waals surface area contributed by atoms with E-state index in [1.807, 2.05) is 0 Å². The van der Waals surface area contributed by atoms with Gasteiger partial charge in [-0.2, -0.15) is 0 Å². The van der Waals surface area contributed by atoms with E-state index in [0.29, 0.717) is 24.4 Å². The minimum Gasteiger partial charge on any atom is -0.509 e. The van der Waals surface area contributed by atoms with Gasteiger partial charge in [0.15, 0.2) is 0 Å². The van der Waals surface area contributed by atoms with E-state index in [0.717, 1.165) is 0 Å². The van der Waals surface area contributed by atoms with E-state index in [4.69, 9.17) is 4.74 Å².